The number of aryl methyl sites for hydroxylation is 1. The zero-order valence-corrected chi connectivity index (χ0v) is 16.2. The van der Waals surface area contributed by atoms with Gasteiger partial charge in [-0.1, -0.05) is 12.1 Å². The zero-order valence-electron chi connectivity index (χ0n) is 16.2. The Kier molecular flexibility index (Phi) is 5.79. The molecule has 5 nitrogen and oxygen atoms in total. The van der Waals surface area contributed by atoms with E-state index in [4.69, 9.17) is 9.47 Å². The maximum Gasteiger partial charge on any atom is 0.222 e. The minimum absolute atomic E-state index is 0.0551. The molecule has 2 heterocycles. The SMILES string of the molecule is O=C(c1ccc2c(c1)OCCO2)C1CCN(C(=O)CCc2cccc(F)c2)CC1. The number of halogens is 1. The number of ketones is 1. The molecule has 0 spiro atoms. The normalized spacial score (nSPS) is 16.5. The van der Waals surface area contributed by atoms with Crippen molar-refractivity contribution in [3.05, 3.63) is 59.4 Å². The lowest BCUT2D eigenvalue weighted by Crippen LogP contribution is -2.40. The third-order valence-corrected chi connectivity index (χ3v) is 5.56. The molecule has 1 amide bonds. The van der Waals surface area contributed by atoms with Crippen LogP contribution in [0.5, 0.6) is 11.5 Å². The number of amides is 1. The van der Waals surface area contributed by atoms with Crippen LogP contribution in [0.1, 0.15) is 35.2 Å². The maximum absolute atomic E-state index is 13.3. The number of hydrogen-bond acceptors (Lipinski definition) is 4. The van der Waals surface area contributed by atoms with E-state index in [2.05, 4.69) is 0 Å². The lowest BCUT2D eigenvalue weighted by Gasteiger charge is -2.31. The summed E-state index contributed by atoms with van der Waals surface area (Å²) in [4.78, 5) is 27.2. The molecule has 0 atom stereocenters. The van der Waals surface area contributed by atoms with Crippen molar-refractivity contribution in [2.45, 2.75) is 25.7 Å². The summed E-state index contributed by atoms with van der Waals surface area (Å²) < 4.78 is 24.3. The minimum Gasteiger partial charge on any atom is -0.486 e. The van der Waals surface area contributed by atoms with Crippen molar-refractivity contribution in [1.82, 2.24) is 4.90 Å². The molecule has 152 valence electrons. The fourth-order valence-electron chi connectivity index (χ4n) is 3.93. The van der Waals surface area contributed by atoms with E-state index in [-0.39, 0.29) is 23.4 Å². The number of carbonyl (C=O) groups excluding carboxylic acids is 2. The summed E-state index contributed by atoms with van der Waals surface area (Å²) in [5.41, 5.74) is 1.45. The van der Waals surface area contributed by atoms with E-state index in [0.717, 1.165) is 5.56 Å². The summed E-state index contributed by atoms with van der Waals surface area (Å²) >= 11 is 0. The molecule has 0 unspecified atom stereocenters. The fraction of sp³-hybridized carbons (Fsp3) is 0.391. The van der Waals surface area contributed by atoms with Crippen molar-refractivity contribution in [3.63, 3.8) is 0 Å². The number of rotatable bonds is 5. The van der Waals surface area contributed by atoms with Gasteiger partial charge in [0.25, 0.3) is 0 Å². The van der Waals surface area contributed by atoms with E-state index in [1.165, 1.54) is 12.1 Å². The van der Waals surface area contributed by atoms with Crippen LogP contribution in [-0.4, -0.2) is 42.9 Å². The van der Waals surface area contributed by atoms with Crippen molar-refractivity contribution < 1.29 is 23.5 Å². The summed E-state index contributed by atoms with van der Waals surface area (Å²) in [6, 6.07) is 11.7. The Morgan fingerprint density at radius 3 is 2.52 bits per heavy atom. The Hall–Kier alpha value is -2.89. The topological polar surface area (TPSA) is 55.8 Å². The van der Waals surface area contributed by atoms with E-state index in [9.17, 15) is 14.0 Å². The summed E-state index contributed by atoms with van der Waals surface area (Å²) in [6.07, 6.45) is 2.18. The van der Waals surface area contributed by atoms with E-state index in [1.807, 2.05) is 11.0 Å². The molecule has 0 aliphatic carbocycles. The smallest absolute Gasteiger partial charge is 0.222 e. The standard InChI is InChI=1S/C23H24FNO4/c24-19-3-1-2-16(14-19)4-7-22(26)25-10-8-17(9-11-25)23(27)18-5-6-20-21(15-18)29-13-12-28-20/h1-3,5-6,14-15,17H,4,7-13H2. The Morgan fingerprint density at radius 2 is 1.76 bits per heavy atom. The van der Waals surface area contributed by atoms with E-state index in [0.29, 0.717) is 69.0 Å². The second-order valence-electron chi connectivity index (χ2n) is 7.51. The number of benzene rings is 2. The second kappa shape index (κ2) is 8.64. The third-order valence-electron chi connectivity index (χ3n) is 5.56. The van der Waals surface area contributed by atoms with E-state index >= 15 is 0 Å². The lowest BCUT2D eigenvalue weighted by atomic mass is 9.88. The molecule has 2 aromatic carbocycles. The first-order chi connectivity index (χ1) is 14.1. The van der Waals surface area contributed by atoms with Gasteiger partial charge in [0.1, 0.15) is 19.0 Å². The average Bonchev–Trinajstić information content (AvgIpc) is 2.77. The highest BCUT2D eigenvalue weighted by atomic mass is 19.1. The van der Waals surface area contributed by atoms with Gasteiger partial charge in [-0.2, -0.15) is 0 Å². The summed E-state index contributed by atoms with van der Waals surface area (Å²) in [5, 5.41) is 0. The van der Waals surface area contributed by atoms with Crippen LogP contribution in [0.4, 0.5) is 4.39 Å². The molecule has 29 heavy (non-hydrogen) atoms. The van der Waals surface area contributed by atoms with Crippen molar-refractivity contribution in [1.29, 1.82) is 0 Å². The van der Waals surface area contributed by atoms with E-state index in [1.54, 1.807) is 24.3 Å². The summed E-state index contributed by atoms with van der Waals surface area (Å²) in [6.45, 7) is 2.15. The molecule has 2 aliphatic heterocycles. The third kappa shape index (κ3) is 4.58. The molecule has 2 aliphatic rings. The highest BCUT2D eigenvalue weighted by Gasteiger charge is 2.28. The summed E-state index contributed by atoms with van der Waals surface area (Å²) in [5.74, 6) is 1.06. The van der Waals surface area contributed by atoms with Crippen LogP contribution >= 0.6 is 0 Å². The van der Waals surface area contributed by atoms with Gasteiger partial charge in [0.2, 0.25) is 5.91 Å². The summed E-state index contributed by atoms with van der Waals surface area (Å²) in [7, 11) is 0. The molecule has 6 heteroatoms. The monoisotopic (exact) mass is 397 g/mol. The number of hydrogen-bond donors (Lipinski definition) is 0. The molecule has 2 aromatic rings. The van der Waals surface area contributed by atoms with Gasteiger partial charge in [0, 0.05) is 31.0 Å². The second-order valence-corrected chi connectivity index (χ2v) is 7.51. The maximum atomic E-state index is 13.3. The Bertz CT molecular complexity index is 906. The molecule has 0 bridgehead atoms. The van der Waals surface area contributed by atoms with Crippen molar-refractivity contribution in [2.24, 2.45) is 5.92 Å². The number of fused-ring (bicyclic) bond motifs is 1. The Morgan fingerprint density at radius 1 is 1.00 bits per heavy atom. The van der Waals surface area contributed by atoms with Gasteiger partial charge >= 0.3 is 0 Å². The van der Waals surface area contributed by atoms with Crippen LogP contribution in [0, 0.1) is 11.7 Å². The highest BCUT2D eigenvalue weighted by molar-refractivity contribution is 5.98. The molecular formula is C23H24FNO4. The van der Waals surface area contributed by atoms with Crippen LogP contribution in [0.15, 0.2) is 42.5 Å². The molecular weight excluding hydrogens is 373 g/mol. The predicted octanol–water partition coefficient (Wildman–Crippen LogP) is 3.65. The number of likely N-dealkylation sites (tertiary alicyclic amines) is 1. The Labute approximate surface area is 169 Å². The van der Waals surface area contributed by atoms with Gasteiger partial charge in [0.05, 0.1) is 0 Å². The number of Topliss-reactive ketones (excluding diaryl/α,β-unsaturated/α-hetero) is 1. The highest BCUT2D eigenvalue weighted by Crippen LogP contribution is 2.32. The molecule has 4 rings (SSSR count). The van der Waals surface area contributed by atoms with Crippen LogP contribution in [-0.2, 0) is 11.2 Å². The van der Waals surface area contributed by atoms with Gasteiger partial charge in [-0.25, -0.2) is 4.39 Å². The molecule has 1 saturated heterocycles. The lowest BCUT2D eigenvalue weighted by molar-refractivity contribution is -0.132. The number of piperidine rings is 1. The largest absolute Gasteiger partial charge is 0.486 e. The first-order valence-corrected chi connectivity index (χ1v) is 10.1. The van der Waals surface area contributed by atoms with Gasteiger partial charge in [-0.15, -0.1) is 0 Å². The van der Waals surface area contributed by atoms with Crippen LogP contribution in [0.2, 0.25) is 0 Å². The number of carbonyl (C=O) groups is 2. The van der Waals surface area contributed by atoms with Crippen molar-refractivity contribution in [2.75, 3.05) is 26.3 Å². The molecule has 1 fully saturated rings. The average molecular weight is 397 g/mol. The van der Waals surface area contributed by atoms with Crippen LogP contribution < -0.4 is 9.47 Å². The number of ether oxygens (including phenoxy) is 2. The first kappa shape index (κ1) is 19.4. The van der Waals surface area contributed by atoms with Crippen LogP contribution in [0.25, 0.3) is 0 Å². The molecule has 0 radical (unpaired) electrons. The van der Waals surface area contributed by atoms with Gasteiger partial charge < -0.3 is 14.4 Å². The van der Waals surface area contributed by atoms with Crippen molar-refractivity contribution >= 4 is 11.7 Å². The predicted molar refractivity (Wildman–Crippen MR) is 106 cm³/mol. The quantitative estimate of drug-likeness (QED) is 0.723. The van der Waals surface area contributed by atoms with Gasteiger partial charge in [-0.05, 0) is 55.2 Å². The van der Waals surface area contributed by atoms with Crippen LogP contribution in [0.3, 0.4) is 0 Å². The molecule has 0 aromatic heterocycles. The van der Waals surface area contributed by atoms with Crippen molar-refractivity contribution in [3.8, 4) is 11.5 Å². The van der Waals surface area contributed by atoms with Gasteiger partial charge in [0.15, 0.2) is 17.3 Å². The molecule has 0 saturated carbocycles. The fourth-order valence-corrected chi connectivity index (χ4v) is 3.93. The van der Waals surface area contributed by atoms with Gasteiger partial charge in [-0.3, -0.25) is 9.59 Å². The first-order valence-electron chi connectivity index (χ1n) is 10.1. The minimum atomic E-state index is -0.284. The zero-order chi connectivity index (χ0) is 20.2. The number of nitrogens with zero attached hydrogens (tertiary/aromatic N) is 1. The molecule has 0 N–H and O–H groups in total. The Balaban J connectivity index is 1.29. The van der Waals surface area contributed by atoms with E-state index < -0.39 is 0 Å².